The lowest BCUT2D eigenvalue weighted by Gasteiger charge is -2.36. The Morgan fingerprint density at radius 1 is 1.07 bits per heavy atom. The molecular weight excluding hydrogens is 404 g/mol. The molecule has 0 spiro atoms. The monoisotopic (exact) mass is 424 g/mol. The quantitative estimate of drug-likeness (QED) is 0.681. The molecule has 3 aromatic rings. The number of oxazole rings is 1. The standard InChI is InChI=1S/C22H21ClN4O3/c23-18-2-1-3-19(12-18)26-8-10-27(11-9-26)21(28)14-25-22(29)17-6-4-16(5-7-17)20-13-24-15-30-20/h1-7,12-13,15H,8-11,14H2,(H,25,29). The maximum Gasteiger partial charge on any atom is 0.251 e. The Morgan fingerprint density at radius 3 is 2.50 bits per heavy atom. The van der Waals surface area contributed by atoms with E-state index in [2.05, 4.69) is 15.2 Å². The van der Waals surface area contributed by atoms with Gasteiger partial charge in [-0.15, -0.1) is 0 Å². The molecule has 1 aliphatic heterocycles. The third-order valence-corrected chi connectivity index (χ3v) is 5.30. The number of aromatic nitrogens is 1. The van der Waals surface area contributed by atoms with Crippen molar-refractivity contribution in [3.8, 4) is 11.3 Å². The molecule has 2 heterocycles. The Balaban J connectivity index is 1.26. The number of rotatable bonds is 5. The van der Waals surface area contributed by atoms with E-state index < -0.39 is 0 Å². The van der Waals surface area contributed by atoms with Crippen LogP contribution in [0.1, 0.15) is 10.4 Å². The molecule has 7 nitrogen and oxygen atoms in total. The molecular formula is C22H21ClN4O3. The molecule has 1 saturated heterocycles. The van der Waals surface area contributed by atoms with E-state index in [4.69, 9.17) is 16.0 Å². The van der Waals surface area contributed by atoms with Crippen LogP contribution in [-0.4, -0.2) is 54.4 Å². The summed E-state index contributed by atoms with van der Waals surface area (Å²) in [6, 6.07) is 14.7. The zero-order valence-electron chi connectivity index (χ0n) is 16.3. The largest absolute Gasteiger partial charge is 0.444 e. The van der Waals surface area contributed by atoms with Crippen LogP contribution in [0.3, 0.4) is 0 Å². The summed E-state index contributed by atoms with van der Waals surface area (Å²) < 4.78 is 5.24. The van der Waals surface area contributed by atoms with Crippen molar-refractivity contribution in [3.05, 3.63) is 71.7 Å². The summed E-state index contributed by atoms with van der Waals surface area (Å²) in [6.45, 7) is 2.63. The number of benzene rings is 2. The van der Waals surface area contributed by atoms with E-state index in [9.17, 15) is 9.59 Å². The first-order valence-corrected chi connectivity index (χ1v) is 10.0. The molecule has 1 aromatic heterocycles. The van der Waals surface area contributed by atoms with Crippen molar-refractivity contribution in [1.82, 2.24) is 15.2 Å². The average molecular weight is 425 g/mol. The lowest BCUT2D eigenvalue weighted by atomic mass is 10.1. The summed E-state index contributed by atoms with van der Waals surface area (Å²) >= 11 is 6.06. The van der Waals surface area contributed by atoms with Crippen LogP contribution in [0.25, 0.3) is 11.3 Å². The molecule has 2 aromatic carbocycles. The highest BCUT2D eigenvalue weighted by Gasteiger charge is 2.21. The molecule has 0 atom stereocenters. The van der Waals surface area contributed by atoms with Gasteiger partial charge < -0.3 is 19.5 Å². The molecule has 0 unspecified atom stereocenters. The summed E-state index contributed by atoms with van der Waals surface area (Å²) in [5, 5.41) is 3.40. The van der Waals surface area contributed by atoms with Gasteiger partial charge in [0.15, 0.2) is 12.2 Å². The maximum absolute atomic E-state index is 12.5. The minimum atomic E-state index is -0.287. The Labute approximate surface area is 179 Å². The van der Waals surface area contributed by atoms with Gasteiger partial charge in [-0.2, -0.15) is 0 Å². The first kappa shape index (κ1) is 20.0. The number of carbonyl (C=O) groups is 2. The van der Waals surface area contributed by atoms with Crippen molar-refractivity contribution in [1.29, 1.82) is 0 Å². The van der Waals surface area contributed by atoms with Crippen LogP contribution < -0.4 is 10.2 Å². The van der Waals surface area contributed by atoms with Crippen LogP contribution in [0.4, 0.5) is 5.69 Å². The van der Waals surface area contributed by atoms with E-state index in [0.717, 1.165) is 24.3 Å². The number of amides is 2. The van der Waals surface area contributed by atoms with Gasteiger partial charge in [-0.1, -0.05) is 29.8 Å². The van der Waals surface area contributed by atoms with E-state index in [-0.39, 0.29) is 18.4 Å². The molecule has 1 N–H and O–H groups in total. The molecule has 4 rings (SSSR count). The summed E-state index contributed by atoms with van der Waals surface area (Å²) in [7, 11) is 0. The van der Waals surface area contributed by atoms with Gasteiger partial charge >= 0.3 is 0 Å². The Bertz CT molecular complexity index is 1010. The van der Waals surface area contributed by atoms with Gasteiger partial charge in [0, 0.05) is 48.0 Å². The molecule has 1 aliphatic rings. The van der Waals surface area contributed by atoms with Gasteiger partial charge in [0.1, 0.15) is 0 Å². The second-order valence-corrected chi connectivity index (χ2v) is 7.41. The molecule has 2 amide bonds. The van der Waals surface area contributed by atoms with Crippen molar-refractivity contribution >= 4 is 29.1 Å². The predicted molar refractivity (Wildman–Crippen MR) is 115 cm³/mol. The smallest absolute Gasteiger partial charge is 0.251 e. The lowest BCUT2D eigenvalue weighted by molar-refractivity contribution is -0.130. The van der Waals surface area contributed by atoms with Gasteiger partial charge in [0.25, 0.3) is 5.91 Å². The second-order valence-electron chi connectivity index (χ2n) is 6.97. The molecule has 154 valence electrons. The number of nitrogens with zero attached hydrogens (tertiary/aromatic N) is 3. The van der Waals surface area contributed by atoms with Crippen molar-refractivity contribution in [3.63, 3.8) is 0 Å². The third-order valence-electron chi connectivity index (χ3n) is 5.07. The van der Waals surface area contributed by atoms with Crippen LogP contribution in [0.5, 0.6) is 0 Å². The number of hydrogen-bond acceptors (Lipinski definition) is 5. The van der Waals surface area contributed by atoms with E-state index in [1.165, 1.54) is 6.39 Å². The molecule has 0 saturated carbocycles. The summed E-state index contributed by atoms with van der Waals surface area (Å²) in [4.78, 5) is 32.7. The van der Waals surface area contributed by atoms with Crippen LogP contribution in [-0.2, 0) is 4.79 Å². The topological polar surface area (TPSA) is 78.7 Å². The fourth-order valence-electron chi connectivity index (χ4n) is 3.40. The van der Waals surface area contributed by atoms with Crippen molar-refractivity contribution in [2.45, 2.75) is 0 Å². The minimum absolute atomic E-state index is 0.0279. The Hall–Kier alpha value is -3.32. The zero-order valence-corrected chi connectivity index (χ0v) is 17.0. The van der Waals surface area contributed by atoms with Crippen molar-refractivity contribution in [2.75, 3.05) is 37.6 Å². The molecule has 1 fully saturated rings. The van der Waals surface area contributed by atoms with Gasteiger partial charge in [0.05, 0.1) is 12.7 Å². The van der Waals surface area contributed by atoms with E-state index in [1.807, 2.05) is 24.3 Å². The maximum atomic E-state index is 12.5. The molecule has 8 heteroatoms. The zero-order chi connectivity index (χ0) is 20.9. The van der Waals surface area contributed by atoms with Crippen LogP contribution >= 0.6 is 11.6 Å². The first-order valence-electron chi connectivity index (χ1n) is 9.65. The Morgan fingerprint density at radius 2 is 1.83 bits per heavy atom. The normalized spacial score (nSPS) is 13.9. The highest BCUT2D eigenvalue weighted by atomic mass is 35.5. The summed E-state index contributed by atoms with van der Waals surface area (Å²) in [6.07, 6.45) is 2.97. The van der Waals surface area contributed by atoms with Crippen LogP contribution in [0.15, 0.2) is 65.5 Å². The van der Waals surface area contributed by atoms with Gasteiger partial charge in [-0.25, -0.2) is 4.98 Å². The van der Waals surface area contributed by atoms with Gasteiger partial charge in [-0.05, 0) is 30.3 Å². The number of piperazine rings is 1. The van der Waals surface area contributed by atoms with Gasteiger partial charge in [-0.3, -0.25) is 9.59 Å². The third kappa shape index (κ3) is 4.63. The van der Waals surface area contributed by atoms with E-state index >= 15 is 0 Å². The molecule has 0 aliphatic carbocycles. The highest BCUT2D eigenvalue weighted by molar-refractivity contribution is 6.30. The fourth-order valence-corrected chi connectivity index (χ4v) is 3.59. The number of nitrogens with one attached hydrogen (secondary N) is 1. The van der Waals surface area contributed by atoms with E-state index in [1.54, 1.807) is 35.4 Å². The number of carbonyl (C=O) groups excluding carboxylic acids is 2. The lowest BCUT2D eigenvalue weighted by Crippen LogP contribution is -2.51. The number of hydrogen-bond donors (Lipinski definition) is 1. The molecule has 30 heavy (non-hydrogen) atoms. The van der Waals surface area contributed by atoms with Crippen molar-refractivity contribution < 1.29 is 14.0 Å². The van der Waals surface area contributed by atoms with Gasteiger partial charge in [0.2, 0.25) is 5.91 Å². The highest BCUT2D eigenvalue weighted by Crippen LogP contribution is 2.21. The molecule has 0 bridgehead atoms. The predicted octanol–water partition coefficient (Wildman–Crippen LogP) is 3.07. The summed E-state index contributed by atoms with van der Waals surface area (Å²) in [5.41, 5.74) is 2.37. The first-order chi connectivity index (χ1) is 14.6. The van der Waals surface area contributed by atoms with Crippen molar-refractivity contribution in [2.24, 2.45) is 0 Å². The minimum Gasteiger partial charge on any atom is -0.444 e. The molecule has 0 radical (unpaired) electrons. The summed E-state index contributed by atoms with van der Waals surface area (Å²) in [5.74, 6) is 0.256. The second kappa shape index (κ2) is 9.00. The van der Waals surface area contributed by atoms with Crippen LogP contribution in [0.2, 0.25) is 5.02 Å². The number of anilines is 1. The average Bonchev–Trinajstić information content (AvgIpc) is 3.32. The fraction of sp³-hybridized carbons (Fsp3) is 0.227. The Kier molecular flexibility index (Phi) is 5.99. The SMILES string of the molecule is O=C(NCC(=O)N1CCN(c2cccc(Cl)c2)CC1)c1ccc(-c2cnco2)cc1. The van der Waals surface area contributed by atoms with E-state index in [0.29, 0.717) is 29.4 Å². The number of halogens is 1. The van der Waals surface area contributed by atoms with Crippen LogP contribution in [0, 0.1) is 0 Å².